The molecule has 2 aromatic rings. The smallest absolute Gasteiger partial charge is 0.258 e. The molecule has 0 aromatic carbocycles. The molecule has 104 valence electrons. The first-order valence-corrected chi connectivity index (χ1v) is 6.92. The van der Waals surface area contributed by atoms with Crippen LogP contribution in [0.2, 0.25) is 0 Å². The van der Waals surface area contributed by atoms with Gasteiger partial charge in [0.15, 0.2) is 5.82 Å². The number of nitrogens with zero attached hydrogens (tertiary/aromatic N) is 2. The van der Waals surface area contributed by atoms with E-state index in [2.05, 4.69) is 15.0 Å². The van der Waals surface area contributed by atoms with Crippen LogP contribution in [0.25, 0.3) is 11.5 Å². The number of H-pyrrole nitrogens is 1. The van der Waals surface area contributed by atoms with Crippen molar-refractivity contribution in [2.45, 2.75) is 38.5 Å². The summed E-state index contributed by atoms with van der Waals surface area (Å²) in [4.78, 5) is 23.4. The fourth-order valence-electron chi connectivity index (χ4n) is 2.90. The molecule has 1 aliphatic carbocycles. The standard InChI is InChI=1S/C15H17N3O2/c1-9-5-4-8-16-12(9)13-17-14(19)11(15(20)18-13)10-6-2-3-7-10/h4-5,8,10H,2-3,6-7H2,1H3,(H2,17,18,19,20). The Hall–Kier alpha value is -2.17. The third kappa shape index (κ3) is 2.19. The van der Waals surface area contributed by atoms with Gasteiger partial charge in [0.05, 0.1) is 5.56 Å². The van der Waals surface area contributed by atoms with Crippen molar-refractivity contribution in [2.24, 2.45) is 0 Å². The lowest BCUT2D eigenvalue weighted by Crippen LogP contribution is -2.18. The van der Waals surface area contributed by atoms with E-state index in [9.17, 15) is 9.90 Å². The fourth-order valence-corrected chi connectivity index (χ4v) is 2.90. The Morgan fingerprint density at radius 3 is 2.75 bits per heavy atom. The van der Waals surface area contributed by atoms with E-state index in [0.29, 0.717) is 17.1 Å². The highest BCUT2D eigenvalue weighted by Gasteiger charge is 2.25. The van der Waals surface area contributed by atoms with Gasteiger partial charge in [-0.1, -0.05) is 18.9 Å². The van der Waals surface area contributed by atoms with Crippen LogP contribution in [0.1, 0.15) is 42.7 Å². The lowest BCUT2D eigenvalue weighted by molar-refractivity contribution is 0.436. The molecule has 0 bridgehead atoms. The first kappa shape index (κ1) is 12.8. The average molecular weight is 271 g/mol. The van der Waals surface area contributed by atoms with Gasteiger partial charge in [0.25, 0.3) is 5.56 Å². The molecular formula is C15H17N3O2. The second kappa shape index (κ2) is 5.07. The van der Waals surface area contributed by atoms with Crippen molar-refractivity contribution >= 4 is 0 Å². The molecule has 0 radical (unpaired) electrons. The molecule has 5 heteroatoms. The summed E-state index contributed by atoms with van der Waals surface area (Å²) in [5.74, 6) is 0.304. The van der Waals surface area contributed by atoms with E-state index in [1.807, 2.05) is 19.1 Å². The van der Waals surface area contributed by atoms with E-state index >= 15 is 0 Å². The second-order valence-corrected chi connectivity index (χ2v) is 5.30. The molecule has 0 aliphatic heterocycles. The van der Waals surface area contributed by atoms with Gasteiger partial charge >= 0.3 is 0 Å². The highest BCUT2D eigenvalue weighted by molar-refractivity contribution is 5.55. The van der Waals surface area contributed by atoms with Crippen LogP contribution >= 0.6 is 0 Å². The Bertz CT molecular complexity index is 688. The molecule has 1 saturated carbocycles. The zero-order valence-electron chi connectivity index (χ0n) is 11.4. The van der Waals surface area contributed by atoms with Crippen molar-refractivity contribution in [3.05, 3.63) is 39.8 Å². The van der Waals surface area contributed by atoms with Crippen molar-refractivity contribution < 1.29 is 5.11 Å². The summed E-state index contributed by atoms with van der Waals surface area (Å²) in [6, 6.07) is 3.72. The minimum absolute atomic E-state index is 0.130. The van der Waals surface area contributed by atoms with Gasteiger partial charge in [-0.25, -0.2) is 0 Å². The van der Waals surface area contributed by atoms with Crippen LogP contribution in [-0.4, -0.2) is 20.1 Å². The number of pyridine rings is 1. The van der Waals surface area contributed by atoms with Crippen LogP contribution < -0.4 is 5.56 Å². The van der Waals surface area contributed by atoms with Gasteiger partial charge in [-0.2, -0.15) is 4.98 Å². The third-order valence-corrected chi connectivity index (χ3v) is 3.93. The molecule has 2 N–H and O–H groups in total. The number of aromatic hydroxyl groups is 1. The molecule has 0 unspecified atom stereocenters. The normalized spacial score (nSPS) is 15.7. The van der Waals surface area contributed by atoms with E-state index < -0.39 is 0 Å². The average Bonchev–Trinajstić information content (AvgIpc) is 2.92. The quantitative estimate of drug-likeness (QED) is 0.879. The number of aromatic amines is 1. The van der Waals surface area contributed by atoms with Gasteiger partial charge in [0.1, 0.15) is 5.69 Å². The molecule has 1 fully saturated rings. The van der Waals surface area contributed by atoms with Crippen LogP contribution in [0.5, 0.6) is 5.88 Å². The summed E-state index contributed by atoms with van der Waals surface area (Å²) in [5, 5.41) is 10.1. The molecule has 1 aliphatic rings. The van der Waals surface area contributed by atoms with Crippen molar-refractivity contribution in [2.75, 3.05) is 0 Å². The molecule has 2 aromatic heterocycles. The lowest BCUT2D eigenvalue weighted by Gasteiger charge is -2.11. The highest BCUT2D eigenvalue weighted by atomic mass is 16.3. The highest BCUT2D eigenvalue weighted by Crippen LogP contribution is 2.35. The number of nitrogens with one attached hydrogen (secondary N) is 1. The molecule has 3 rings (SSSR count). The van der Waals surface area contributed by atoms with Crippen LogP contribution in [0, 0.1) is 6.92 Å². The Morgan fingerprint density at radius 2 is 2.10 bits per heavy atom. The Morgan fingerprint density at radius 1 is 1.35 bits per heavy atom. The van der Waals surface area contributed by atoms with Gasteiger partial charge < -0.3 is 10.1 Å². The lowest BCUT2D eigenvalue weighted by atomic mass is 10.00. The van der Waals surface area contributed by atoms with E-state index in [4.69, 9.17) is 0 Å². The van der Waals surface area contributed by atoms with E-state index in [1.54, 1.807) is 6.20 Å². The maximum absolute atomic E-state index is 12.2. The maximum atomic E-state index is 12.2. The van der Waals surface area contributed by atoms with Crippen molar-refractivity contribution in [3.8, 4) is 17.4 Å². The number of aromatic nitrogens is 3. The van der Waals surface area contributed by atoms with Gasteiger partial charge in [-0.05, 0) is 37.3 Å². The van der Waals surface area contributed by atoms with Crippen LogP contribution in [0.4, 0.5) is 0 Å². The molecule has 0 spiro atoms. The summed E-state index contributed by atoms with van der Waals surface area (Å²) >= 11 is 0. The monoisotopic (exact) mass is 271 g/mol. The summed E-state index contributed by atoms with van der Waals surface area (Å²) in [5.41, 5.74) is 1.69. The molecule has 5 nitrogen and oxygen atoms in total. The number of hydrogen-bond acceptors (Lipinski definition) is 4. The minimum Gasteiger partial charge on any atom is -0.493 e. The summed E-state index contributed by atoms with van der Waals surface area (Å²) in [6.07, 6.45) is 5.74. The summed E-state index contributed by atoms with van der Waals surface area (Å²) in [6.45, 7) is 1.89. The maximum Gasteiger partial charge on any atom is 0.258 e. The molecule has 0 amide bonds. The number of rotatable bonds is 2. The SMILES string of the molecule is Cc1cccnc1-c1nc(O)c(C2CCCC2)c(=O)[nH]1. The molecule has 0 saturated heterocycles. The second-order valence-electron chi connectivity index (χ2n) is 5.30. The predicted molar refractivity (Wildman–Crippen MR) is 75.7 cm³/mol. The molecular weight excluding hydrogens is 254 g/mol. The number of hydrogen-bond donors (Lipinski definition) is 2. The number of aryl methyl sites for hydroxylation is 1. The van der Waals surface area contributed by atoms with Gasteiger partial charge in [0.2, 0.25) is 5.88 Å². The zero-order chi connectivity index (χ0) is 14.1. The Kier molecular flexibility index (Phi) is 3.26. The van der Waals surface area contributed by atoms with Crippen LogP contribution in [0.3, 0.4) is 0 Å². The Balaban J connectivity index is 2.08. The van der Waals surface area contributed by atoms with Crippen LogP contribution in [-0.2, 0) is 0 Å². The zero-order valence-corrected chi connectivity index (χ0v) is 11.4. The van der Waals surface area contributed by atoms with Crippen molar-refractivity contribution in [1.82, 2.24) is 15.0 Å². The van der Waals surface area contributed by atoms with E-state index in [0.717, 1.165) is 31.2 Å². The molecule has 0 atom stereocenters. The van der Waals surface area contributed by atoms with Gasteiger partial charge in [0, 0.05) is 6.20 Å². The predicted octanol–water partition coefficient (Wildman–Crippen LogP) is 2.50. The topological polar surface area (TPSA) is 78.9 Å². The van der Waals surface area contributed by atoms with Gasteiger partial charge in [-0.3, -0.25) is 9.78 Å². The fraction of sp³-hybridized carbons (Fsp3) is 0.400. The summed E-state index contributed by atoms with van der Waals surface area (Å²) in [7, 11) is 0. The minimum atomic E-state index is -0.246. The molecule has 2 heterocycles. The largest absolute Gasteiger partial charge is 0.493 e. The van der Waals surface area contributed by atoms with Crippen LogP contribution in [0.15, 0.2) is 23.1 Å². The first-order valence-electron chi connectivity index (χ1n) is 6.92. The van der Waals surface area contributed by atoms with E-state index in [-0.39, 0.29) is 17.4 Å². The van der Waals surface area contributed by atoms with Crippen molar-refractivity contribution in [3.63, 3.8) is 0 Å². The summed E-state index contributed by atoms with van der Waals surface area (Å²) < 4.78 is 0. The van der Waals surface area contributed by atoms with E-state index in [1.165, 1.54) is 0 Å². The first-order chi connectivity index (χ1) is 9.66. The van der Waals surface area contributed by atoms with Gasteiger partial charge in [-0.15, -0.1) is 0 Å². The van der Waals surface area contributed by atoms with Crippen molar-refractivity contribution in [1.29, 1.82) is 0 Å². The molecule has 20 heavy (non-hydrogen) atoms. The third-order valence-electron chi connectivity index (χ3n) is 3.93. The Labute approximate surface area is 116 Å².